The second-order valence-electron chi connectivity index (χ2n) is 3.92. The van der Waals surface area contributed by atoms with E-state index >= 15 is 0 Å². The van der Waals surface area contributed by atoms with E-state index in [0.717, 1.165) is 26.1 Å². The van der Waals surface area contributed by atoms with E-state index in [1.807, 2.05) is 0 Å². The van der Waals surface area contributed by atoms with Crippen molar-refractivity contribution in [3.05, 3.63) is 0 Å². The van der Waals surface area contributed by atoms with Crippen LogP contribution in [0.3, 0.4) is 0 Å². The smallest absolute Gasteiger partial charge is 0.147 e. The van der Waals surface area contributed by atoms with Crippen LogP contribution >= 0.6 is 0 Å². The summed E-state index contributed by atoms with van der Waals surface area (Å²) in [4.78, 5) is 2.23. The lowest BCUT2D eigenvalue weighted by atomic mass is 10.2. The quantitative estimate of drug-likeness (QED) is 0.704. The molecular weight excluding hydrogens is 182 g/mol. The molecule has 0 amide bonds. The number of aliphatic hydroxyl groups excluding tert-OH is 1. The van der Waals surface area contributed by atoms with Gasteiger partial charge in [0.15, 0.2) is 0 Å². The molecule has 1 N–H and O–H groups in total. The summed E-state index contributed by atoms with van der Waals surface area (Å²) < 4.78 is 10.6. The molecule has 0 radical (unpaired) electrons. The lowest BCUT2D eigenvalue weighted by molar-refractivity contribution is -0.146. The zero-order valence-electron chi connectivity index (χ0n) is 9.11. The van der Waals surface area contributed by atoms with Gasteiger partial charge in [-0.2, -0.15) is 0 Å². The number of ether oxygens (including phenoxy) is 2. The molecule has 0 saturated carbocycles. The first-order valence-electron chi connectivity index (χ1n) is 5.28. The average Bonchev–Trinajstić information content (AvgIpc) is 2.18. The molecule has 1 rings (SSSR count). The lowest BCUT2D eigenvalue weighted by Gasteiger charge is -2.31. The summed E-state index contributed by atoms with van der Waals surface area (Å²) in [6.45, 7) is 7.29. The molecule has 0 bridgehead atoms. The minimum absolute atomic E-state index is 0.210. The van der Waals surface area contributed by atoms with Crippen molar-refractivity contribution in [3.8, 4) is 0 Å². The third kappa shape index (κ3) is 3.92. The molecule has 1 aliphatic rings. The molecule has 0 aromatic rings. The van der Waals surface area contributed by atoms with Crippen molar-refractivity contribution in [2.45, 2.75) is 32.4 Å². The van der Waals surface area contributed by atoms with Crippen LogP contribution in [0.1, 0.15) is 20.3 Å². The molecule has 0 aromatic heterocycles. The monoisotopic (exact) mass is 203 g/mol. The van der Waals surface area contributed by atoms with Gasteiger partial charge in [0.05, 0.1) is 19.3 Å². The van der Waals surface area contributed by atoms with E-state index in [4.69, 9.17) is 14.6 Å². The van der Waals surface area contributed by atoms with Gasteiger partial charge in [-0.25, -0.2) is 0 Å². The number of nitrogens with zero attached hydrogens (tertiary/aromatic N) is 1. The van der Waals surface area contributed by atoms with Crippen LogP contribution in [0.2, 0.25) is 0 Å². The molecule has 1 heterocycles. The van der Waals surface area contributed by atoms with Crippen LogP contribution in [-0.4, -0.2) is 55.2 Å². The SMILES string of the molecule is CC(C)N(CCO)CC1CCOCO1. The van der Waals surface area contributed by atoms with Crippen LogP contribution < -0.4 is 0 Å². The van der Waals surface area contributed by atoms with Gasteiger partial charge < -0.3 is 14.6 Å². The van der Waals surface area contributed by atoms with Gasteiger partial charge in [-0.15, -0.1) is 0 Å². The summed E-state index contributed by atoms with van der Waals surface area (Å²) in [5.74, 6) is 0. The Morgan fingerprint density at radius 3 is 2.79 bits per heavy atom. The van der Waals surface area contributed by atoms with Crippen molar-refractivity contribution in [1.82, 2.24) is 4.90 Å². The van der Waals surface area contributed by atoms with E-state index < -0.39 is 0 Å². The third-order valence-electron chi connectivity index (χ3n) is 2.53. The Balaban J connectivity index is 2.29. The summed E-state index contributed by atoms with van der Waals surface area (Å²) in [6, 6.07) is 0.452. The van der Waals surface area contributed by atoms with Gasteiger partial charge in [0.2, 0.25) is 0 Å². The van der Waals surface area contributed by atoms with Crippen LogP contribution in [0, 0.1) is 0 Å². The first-order chi connectivity index (χ1) is 6.74. The molecule has 1 saturated heterocycles. The standard InChI is InChI=1S/C10H21NO3/c1-9(2)11(4-5-12)7-10-3-6-13-8-14-10/h9-10,12H,3-8H2,1-2H3. The fourth-order valence-corrected chi connectivity index (χ4v) is 1.60. The molecular formula is C10H21NO3. The van der Waals surface area contributed by atoms with Gasteiger partial charge in [-0.3, -0.25) is 4.90 Å². The summed E-state index contributed by atoms with van der Waals surface area (Å²) in [5, 5.41) is 8.91. The number of aliphatic hydroxyl groups is 1. The average molecular weight is 203 g/mol. The Morgan fingerprint density at radius 2 is 2.29 bits per heavy atom. The van der Waals surface area contributed by atoms with Crippen molar-refractivity contribution in [2.24, 2.45) is 0 Å². The van der Waals surface area contributed by atoms with Crippen molar-refractivity contribution in [2.75, 3.05) is 33.1 Å². The van der Waals surface area contributed by atoms with Crippen LogP contribution in [-0.2, 0) is 9.47 Å². The highest BCUT2D eigenvalue weighted by Crippen LogP contribution is 2.09. The molecule has 1 aliphatic heterocycles. The lowest BCUT2D eigenvalue weighted by Crippen LogP contribution is -2.42. The Hall–Kier alpha value is -0.160. The zero-order valence-corrected chi connectivity index (χ0v) is 9.11. The largest absolute Gasteiger partial charge is 0.395 e. The van der Waals surface area contributed by atoms with Crippen molar-refractivity contribution in [1.29, 1.82) is 0 Å². The fraction of sp³-hybridized carbons (Fsp3) is 1.00. The van der Waals surface area contributed by atoms with Gasteiger partial charge in [0, 0.05) is 19.1 Å². The predicted octanol–water partition coefficient (Wildman–Crippen LogP) is 0.452. The Morgan fingerprint density at radius 1 is 1.50 bits per heavy atom. The van der Waals surface area contributed by atoms with Crippen LogP contribution in [0.25, 0.3) is 0 Å². The molecule has 0 spiro atoms. The molecule has 1 unspecified atom stereocenters. The van der Waals surface area contributed by atoms with Crippen molar-refractivity contribution < 1.29 is 14.6 Å². The van der Waals surface area contributed by atoms with Gasteiger partial charge in [0.25, 0.3) is 0 Å². The van der Waals surface area contributed by atoms with Gasteiger partial charge in [-0.05, 0) is 20.3 Å². The van der Waals surface area contributed by atoms with Crippen LogP contribution in [0.4, 0.5) is 0 Å². The topological polar surface area (TPSA) is 41.9 Å². The highest BCUT2D eigenvalue weighted by molar-refractivity contribution is 4.70. The van der Waals surface area contributed by atoms with E-state index in [-0.39, 0.29) is 12.7 Å². The van der Waals surface area contributed by atoms with E-state index in [1.54, 1.807) is 0 Å². The Kier molecular flexibility index (Phi) is 5.40. The second kappa shape index (κ2) is 6.35. The Labute approximate surface area is 85.8 Å². The highest BCUT2D eigenvalue weighted by atomic mass is 16.7. The molecule has 4 nitrogen and oxygen atoms in total. The summed E-state index contributed by atoms with van der Waals surface area (Å²) in [5.41, 5.74) is 0. The second-order valence-corrected chi connectivity index (χ2v) is 3.92. The molecule has 0 aliphatic carbocycles. The van der Waals surface area contributed by atoms with Gasteiger partial charge in [-0.1, -0.05) is 0 Å². The first-order valence-corrected chi connectivity index (χ1v) is 5.28. The zero-order chi connectivity index (χ0) is 10.4. The molecule has 4 heteroatoms. The summed E-state index contributed by atoms with van der Waals surface area (Å²) in [7, 11) is 0. The van der Waals surface area contributed by atoms with E-state index in [1.165, 1.54) is 0 Å². The van der Waals surface area contributed by atoms with Crippen molar-refractivity contribution >= 4 is 0 Å². The normalized spacial score (nSPS) is 23.4. The fourth-order valence-electron chi connectivity index (χ4n) is 1.60. The third-order valence-corrected chi connectivity index (χ3v) is 2.53. The molecule has 0 aromatic carbocycles. The maximum Gasteiger partial charge on any atom is 0.147 e. The number of hydrogen-bond acceptors (Lipinski definition) is 4. The van der Waals surface area contributed by atoms with Crippen LogP contribution in [0.5, 0.6) is 0 Å². The summed E-state index contributed by atoms with van der Waals surface area (Å²) >= 11 is 0. The minimum atomic E-state index is 0.210. The maximum absolute atomic E-state index is 8.91. The van der Waals surface area contributed by atoms with E-state index in [2.05, 4.69) is 18.7 Å². The van der Waals surface area contributed by atoms with E-state index in [0.29, 0.717) is 12.8 Å². The number of rotatable bonds is 5. The van der Waals surface area contributed by atoms with E-state index in [9.17, 15) is 0 Å². The molecule has 1 fully saturated rings. The summed E-state index contributed by atoms with van der Waals surface area (Å²) in [6.07, 6.45) is 1.21. The molecule has 84 valence electrons. The minimum Gasteiger partial charge on any atom is -0.395 e. The predicted molar refractivity (Wildman–Crippen MR) is 54.1 cm³/mol. The highest BCUT2D eigenvalue weighted by Gasteiger charge is 2.19. The van der Waals surface area contributed by atoms with Crippen LogP contribution in [0.15, 0.2) is 0 Å². The van der Waals surface area contributed by atoms with Gasteiger partial charge >= 0.3 is 0 Å². The number of hydrogen-bond donors (Lipinski definition) is 1. The maximum atomic E-state index is 8.91. The molecule has 1 atom stereocenters. The Bertz CT molecular complexity index is 146. The molecule has 14 heavy (non-hydrogen) atoms. The first kappa shape index (κ1) is 11.9. The van der Waals surface area contributed by atoms with Crippen molar-refractivity contribution in [3.63, 3.8) is 0 Å². The van der Waals surface area contributed by atoms with Gasteiger partial charge in [0.1, 0.15) is 6.79 Å².